The van der Waals surface area contributed by atoms with E-state index in [4.69, 9.17) is 22.1 Å². The fourth-order valence-electron chi connectivity index (χ4n) is 4.43. The first-order valence-corrected chi connectivity index (χ1v) is 11.8. The van der Waals surface area contributed by atoms with Gasteiger partial charge < -0.3 is 20.4 Å². The summed E-state index contributed by atoms with van der Waals surface area (Å²) in [6.07, 6.45) is 3.46. The topological polar surface area (TPSA) is 108 Å². The van der Waals surface area contributed by atoms with Crippen LogP contribution in [0.4, 0.5) is 5.82 Å². The van der Waals surface area contributed by atoms with E-state index in [1.807, 2.05) is 48.9 Å². The van der Waals surface area contributed by atoms with E-state index in [-0.39, 0.29) is 5.91 Å². The molecule has 0 unspecified atom stereocenters. The average molecular weight is 501 g/mol. The molecule has 9 heteroatoms. The average Bonchev–Trinajstić information content (AvgIpc) is 3.20. The molecule has 5 aromatic rings. The molecule has 182 valence electrons. The maximum Gasteiger partial charge on any atom is 0.255 e. The van der Waals surface area contributed by atoms with E-state index in [2.05, 4.69) is 26.3 Å². The van der Waals surface area contributed by atoms with Crippen molar-refractivity contribution >= 4 is 45.3 Å². The fourth-order valence-corrected chi connectivity index (χ4v) is 4.60. The van der Waals surface area contributed by atoms with Crippen LogP contribution in [0, 0.1) is 13.8 Å². The van der Waals surface area contributed by atoms with Crippen LogP contribution in [-0.4, -0.2) is 32.5 Å². The summed E-state index contributed by atoms with van der Waals surface area (Å²) in [5.74, 6) is 0.672. The van der Waals surface area contributed by atoms with Crippen LogP contribution in [0.15, 0.2) is 54.9 Å². The minimum atomic E-state index is -0.232. The van der Waals surface area contributed by atoms with E-state index >= 15 is 0 Å². The van der Waals surface area contributed by atoms with Crippen LogP contribution in [-0.2, 0) is 13.1 Å². The van der Waals surface area contributed by atoms with E-state index < -0.39 is 0 Å². The third-order valence-electron chi connectivity index (χ3n) is 6.22. The SMILES string of the molecule is COc1ccc2c(n1)c(C(=O)NCc1c(C)cc(N)nc1C)cn2Cc1ccc2ncc(Cl)cc2c1. The van der Waals surface area contributed by atoms with Crippen LogP contribution < -0.4 is 15.8 Å². The van der Waals surface area contributed by atoms with Crippen LogP contribution in [0.1, 0.15) is 32.7 Å². The van der Waals surface area contributed by atoms with Gasteiger partial charge in [0.15, 0.2) is 0 Å². The number of fused-ring (bicyclic) bond motifs is 2. The Morgan fingerprint density at radius 1 is 1.14 bits per heavy atom. The maximum atomic E-state index is 13.3. The molecular formula is C27H25ClN6O2. The van der Waals surface area contributed by atoms with Crippen molar-refractivity contribution in [1.29, 1.82) is 0 Å². The first kappa shape index (κ1) is 23.6. The quantitative estimate of drug-likeness (QED) is 0.346. The second kappa shape index (κ2) is 9.47. The van der Waals surface area contributed by atoms with Gasteiger partial charge in [-0.3, -0.25) is 9.78 Å². The number of anilines is 1. The number of hydrogen-bond acceptors (Lipinski definition) is 6. The molecule has 36 heavy (non-hydrogen) atoms. The molecule has 0 radical (unpaired) electrons. The number of nitrogens with zero attached hydrogens (tertiary/aromatic N) is 4. The molecule has 3 N–H and O–H groups in total. The van der Waals surface area contributed by atoms with Gasteiger partial charge in [-0.05, 0) is 60.9 Å². The van der Waals surface area contributed by atoms with Crippen LogP contribution in [0.3, 0.4) is 0 Å². The summed E-state index contributed by atoms with van der Waals surface area (Å²) in [5, 5.41) is 4.56. The molecule has 8 nitrogen and oxygen atoms in total. The molecule has 4 heterocycles. The molecule has 0 atom stereocenters. The molecule has 0 aliphatic heterocycles. The highest BCUT2D eigenvalue weighted by atomic mass is 35.5. The number of ether oxygens (including phenoxy) is 1. The Morgan fingerprint density at radius 2 is 1.97 bits per heavy atom. The fraction of sp³-hybridized carbons (Fsp3) is 0.185. The molecule has 0 saturated carbocycles. The number of pyridine rings is 3. The van der Waals surface area contributed by atoms with Crippen LogP contribution in [0.25, 0.3) is 21.9 Å². The Hall–Kier alpha value is -4.17. The third-order valence-corrected chi connectivity index (χ3v) is 6.42. The second-order valence-electron chi connectivity index (χ2n) is 8.68. The Bertz CT molecular complexity index is 1610. The summed E-state index contributed by atoms with van der Waals surface area (Å²) >= 11 is 6.13. The minimum Gasteiger partial charge on any atom is -0.481 e. The molecule has 5 rings (SSSR count). The van der Waals surface area contributed by atoms with E-state index in [1.54, 1.807) is 25.4 Å². The lowest BCUT2D eigenvalue weighted by atomic mass is 10.1. The summed E-state index contributed by atoms with van der Waals surface area (Å²) < 4.78 is 7.34. The molecule has 0 saturated heterocycles. The Balaban J connectivity index is 1.48. The van der Waals surface area contributed by atoms with Crippen molar-refractivity contribution in [3.8, 4) is 5.88 Å². The van der Waals surface area contributed by atoms with Gasteiger partial charge in [-0.2, -0.15) is 0 Å². The number of nitrogen functional groups attached to an aromatic ring is 1. The summed E-state index contributed by atoms with van der Waals surface area (Å²) in [6, 6.07) is 13.4. The molecular weight excluding hydrogens is 476 g/mol. The second-order valence-corrected chi connectivity index (χ2v) is 9.12. The van der Waals surface area contributed by atoms with E-state index in [9.17, 15) is 4.79 Å². The number of methoxy groups -OCH3 is 1. The number of nitrogens with one attached hydrogen (secondary N) is 1. The van der Waals surface area contributed by atoms with Gasteiger partial charge in [0.2, 0.25) is 5.88 Å². The highest BCUT2D eigenvalue weighted by Crippen LogP contribution is 2.25. The highest BCUT2D eigenvalue weighted by Gasteiger charge is 2.18. The molecule has 1 amide bonds. The van der Waals surface area contributed by atoms with Crippen molar-refractivity contribution in [3.05, 3.63) is 87.8 Å². The zero-order valence-electron chi connectivity index (χ0n) is 20.2. The van der Waals surface area contributed by atoms with Crippen molar-refractivity contribution in [1.82, 2.24) is 24.8 Å². The van der Waals surface area contributed by atoms with Crippen LogP contribution in [0.5, 0.6) is 5.88 Å². The summed E-state index contributed by atoms with van der Waals surface area (Å²) in [4.78, 5) is 26.6. The van der Waals surface area contributed by atoms with Crippen molar-refractivity contribution in [2.45, 2.75) is 26.9 Å². The molecule has 4 aromatic heterocycles. The van der Waals surface area contributed by atoms with Gasteiger partial charge in [-0.25, -0.2) is 9.97 Å². The predicted molar refractivity (Wildman–Crippen MR) is 141 cm³/mol. The van der Waals surface area contributed by atoms with Crippen LogP contribution >= 0.6 is 11.6 Å². The van der Waals surface area contributed by atoms with E-state index in [1.165, 1.54) is 0 Å². The largest absolute Gasteiger partial charge is 0.481 e. The highest BCUT2D eigenvalue weighted by molar-refractivity contribution is 6.31. The molecule has 0 aliphatic rings. The smallest absolute Gasteiger partial charge is 0.255 e. The number of carbonyl (C=O) groups is 1. The van der Waals surface area contributed by atoms with Gasteiger partial charge in [0.25, 0.3) is 5.91 Å². The van der Waals surface area contributed by atoms with Gasteiger partial charge in [-0.15, -0.1) is 0 Å². The zero-order chi connectivity index (χ0) is 25.4. The number of carbonyl (C=O) groups excluding carboxylic acids is 1. The lowest BCUT2D eigenvalue weighted by Gasteiger charge is -2.11. The van der Waals surface area contributed by atoms with Crippen LogP contribution in [0.2, 0.25) is 5.02 Å². The maximum absolute atomic E-state index is 13.3. The van der Waals surface area contributed by atoms with Gasteiger partial charge in [0.05, 0.1) is 28.7 Å². The number of hydrogen-bond donors (Lipinski definition) is 2. The van der Waals surface area contributed by atoms with Crippen molar-refractivity contribution in [2.75, 3.05) is 12.8 Å². The molecule has 0 spiro atoms. The molecule has 0 bridgehead atoms. The first-order chi connectivity index (χ1) is 17.3. The predicted octanol–water partition coefficient (Wildman–Crippen LogP) is 4.82. The number of amides is 1. The monoisotopic (exact) mass is 500 g/mol. The number of aromatic nitrogens is 4. The minimum absolute atomic E-state index is 0.232. The Labute approximate surface area is 213 Å². The lowest BCUT2D eigenvalue weighted by molar-refractivity contribution is 0.0952. The van der Waals surface area contributed by atoms with Gasteiger partial charge in [-0.1, -0.05) is 17.7 Å². The standard InChI is InChI=1S/C27H25ClN6O2/c1-15-8-24(29)32-16(2)20(15)12-31-27(35)21-14-34(23-6-7-25(36-3)33-26(21)23)13-17-4-5-22-18(9-17)10-19(28)11-30-22/h4-11,14H,12-13H2,1-3H3,(H2,29,32)(H,31,35). The van der Waals surface area contributed by atoms with Crippen molar-refractivity contribution in [3.63, 3.8) is 0 Å². The van der Waals surface area contributed by atoms with E-state index in [0.717, 1.165) is 38.8 Å². The Kier molecular flexibility index (Phi) is 6.20. The summed E-state index contributed by atoms with van der Waals surface area (Å²) in [5.41, 5.74) is 12.3. The van der Waals surface area contributed by atoms with Gasteiger partial charge in [0.1, 0.15) is 11.3 Å². The van der Waals surface area contributed by atoms with E-state index in [0.29, 0.717) is 40.9 Å². The lowest BCUT2D eigenvalue weighted by Crippen LogP contribution is -2.24. The number of aryl methyl sites for hydroxylation is 2. The normalized spacial score (nSPS) is 11.2. The summed E-state index contributed by atoms with van der Waals surface area (Å²) in [7, 11) is 1.55. The van der Waals surface area contributed by atoms with Gasteiger partial charge in [0, 0.05) is 42.6 Å². The number of nitrogens with two attached hydrogens (primary N) is 1. The first-order valence-electron chi connectivity index (χ1n) is 11.4. The van der Waals surface area contributed by atoms with Gasteiger partial charge >= 0.3 is 0 Å². The Morgan fingerprint density at radius 3 is 2.75 bits per heavy atom. The number of benzene rings is 1. The molecule has 0 aliphatic carbocycles. The molecule has 0 fully saturated rings. The third kappa shape index (κ3) is 4.55. The van der Waals surface area contributed by atoms with Crippen molar-refractivity contribution < 1.29 is 9.53 Å². The summed E-state index contributed by atoms with van der Waals surface area (Å²) in [6.45, 7) is 4.71. The molecule has 1 aromatic carbocycles. The number of halogens is 1. The number of rotatable bonds is 6. The zero-order valence-corrected chi connectivity index (χ0v) is 20.9. The van der Waals surface area contributed by atoms with Crippen molar-refractivity contribution in [2.24, 2.45) is 0 Å².